The van der Waals surface area contributed by atoms with Crippen molar-refractivity contribution in [3.05, 3.63) is 39.9 Å². The molecule has 1 atom stereocenters. The van der Waals surface area contributed by atoms with Gasteiger partial charge >= 0.3 is 0 Å². The van der Waals surface area contributed by atoms with Gasteiger partial charge in [0.2, 0.25) is 0 Å². The second-order valence-corrected chi connectivity index (χ2v) is 5.21. The Morgan fingerprint density at radius 1 is 1.38 bits per heavy atom. The molecule has 1 aliphatic carbocycles. The molecular formula is C14H17BrO. The van der Waals surface area contributed by atoms with Gasteiger partial charge in [-0.1, -0.05) is 28.1 Å². The molecule has 0 saturated carbocycles. The monoisotopic (exact) mass is 280 g/mol. The summed E-state index contributed by atoms with van der Waals surface area (Å²) in [5.74, 6) is 1.48. The number of aryl methyl sites for hydroxylation is 1. The molecule has 2 heteroatoms. The lowest BCUT2D eigenvalue weighted by Crippen LogP contribution is -2.05. The number of methoxy groups -OCH3 is 1. The number of benzene rings is 1. The van der Waals surface area contributed by atoms with E-state index < -0.39 is 0 Å². The third-order valence-corrected chi connectivity index (χ3v) is 4.10. The van der Waals surface area contributed by atoms with Crippen LogP contribution >= 0.6 is 15.9 Å². The van der Waals surface area contributed by atoms with Gasteiger partial charge in [0.05, 0.1) is 7.11 Å². The Kier molecular flexibility index (Phi) is 3.70. The summed E-state index contributed by atoms with van der Waals surface area (Å²) in [6.07, 6.45) is 6.03. The molecule has 0 radical (unpaired) electrons. The van der Waals surface area contributed by atoms with Gasteiger partial charge in [-0.05, 0) is 53.9 Å². The Morgan fingerprint density at radius 3 is 2.81 bits per heavy atom. The highest BCUT2D eigenvalue weighted by Crippen LogP contribution is 2.39. The molecule has 0 heterocycles. The fourth-order valence-corrected chi connectivity index (χ4v) is 3.02. The first-order chi connectivity index (χ1) is 7.72. The molecule has 0 N–H and O–H groups in total. The van der Waals surface area contributed by atoms with Gasteiger partial charge in [0.25, 0.3) is 0 Å². The predicted octanol–water partition coefficient (Wildman–Crippen LogP) is 4.55. The van der Waals surface area contributed by atoms with Gasteiger partial charge in [0.15, 0.2) is 0 Å². The molecule has 1 nitrogen and oxygen atoms in total. The van der Waals surface area contributed by atoms with E-state index in [0.717, 1.165) is 5.75 Å². The van der Waals surface area contributed by atoms with Crippen molar-refractivity contribution in [3.63, 3.8) is 0 Å². The number of allylic oxidation sites excluding steroid dienone is 2. The Bertz CT molecular complexity index is 409. The smallest absolute Gasteiger partial charge is 0.119 e. The molecule has 1 aromatic rings. The number of halogens is 1. The molecule has 0 aromatic heterocycles. The summed E-state index contributed by atoms with van der Waals surface area (Å²) in [5, 5.41) is 0. The molecule has 0 saturated heterocycles. The second kappa shape index (κ2) is 5.05. The lowest BCUT2D eigenvalue weighted by molar-refractivity contribution is 0.414. The van der Waals surface area contributed by atoms with E-state index in [1.54, 1.807) is 7.11 Å². The summed E-state index contributed by atoms with van der Waals surface area (Å²) in [4.78, 5) is 0. The van der Waals surface area contributed by atoms with E-state index in [9.17, 15) is 0 Å². The van der Waals surface area contributed by atoms with Crippen molar-refractivity contribution >= 4 is 15.9 Å². The van der Waals surface area contributed by atoms with Gasteiger partial charge in [-0.15, -0.1) is 0 Å². The summed E-state index contributed by atoms with van der Waals surface area (Å²) in [6.45, 7) is 2.16. The van der Waals surface area contributed by atoms with Crippen LogP contribution in [0, 0.1) is 6.92 Å². The van der Waals surface area contributed by atoms with Gasteiger partial charge < -0.3 is 4.74 Å². The first kappa shape index (κ1) is 11.7. The summed E-state index contributed by atoms with van der Waals surface area (Å²) in [6, 6.07) is 6.36. The van der Waals surface area contributed by atoms with Gasteiger partial charge in [-0.2, -0.15) is 0 Å². The minimum absolute atomic E-state index is 0.541. The fourth-order valence-electron chi connectivity index (χ4n) is 2.31. The van der Waals surface area contributed by atoms with Crippen molar-refractivity contribution in [3.8, 4) is 5.75 Å². The van der Waals surface area contributed by atoms with Crippen molar-refractivity contribution in [1.82, 2.24) is 0 Å². The first-order valence-corrected chi connectivity index (χ1v) is 6.51. The van der Waals surface area contributed by atoms with Crippen LogP contribution in [0.15, 0.2) is 28.8 Å². The summed E-state index contributed by atoms with van der Waals surface area (Å²) in [7, 11) is 1.71. The zero-order valence-corrected chi connectivity index (χ0v) is 11.4. The molecule has 1 aromatic carbocycles. The van der Waals surface area contributed by atoms with Crippen LogP contribution < -0.4 is 4.74 Å². The molecule has 0 bridgehead atoms. The SMILES string of the molecule is COc1ccc([C@@H]2CCCC=C2Br)c(C)c1. The quantitative estimate of drug-likeness (QED) is 0.772. The molecular weight excluding hydrogens is 264 g/mol. The highest BCUT2D eigenvalue weighted by Gasteiger charge is 2.19. The van der Waals surface area contributed by atoms with Gasteiger partial charge in [-0.25, -0.2) is 0 Å². The van der Waals surface area contributed by atoms with Crippen molar-refractivity contribution in [2.45, 2.75) is 32.1 Å². The van der Waals surface area contributed by atoms with E-state index in [4.69, 9.17) is 4.74 Å². The van der Waals surface area contributed by atoms with Crippen molar-refractivity contribution in [1.29, 1.82) is 0 Å². The standard InChI is InChI=1S/C14H17BrO/c1-10-9-11(16-2)7-8-12(10)13-5-3-4-6-14(13)15/h6-9,13H,3-5H2,1-2H3/t13-/m0/s1. The van der Waals surface area contributed by atoms with Crippen molar-refractivity contribution in [2.75, 3.05) is 7.11 Å². The molecule has 0 unspecified atom stereocenters. The lowest BCUT2D eigenvalue weighted by Gasteiger charge is -2.23. The number of ether oxygens (including phenoxy) is 1. The zero-order chi connectivity index (χ0) is 11.5. The topological polar surface area (TPSA) is 9.23 Å². The van der Waals surface area contributed by atoms with Crippen LogP contribution in [0.5, 0.6) is 5.75 Å². The third kappa shape index (κ3) is 2.32. The zero-order valence-electron chi connectivity index (χ0n) is 9.79. The highest BCUT2D eigenvalue weighted by molar-refractivity contribution is 9.11. The van der Waals surface area contributed by atoms with E-state index in [0.29, 0.717) is 5.92 Å². The maximum Gasteiger partial charge on any atom is 0.119 e. The predicted molar refractivity (Wildman–Crippen MR) is 71.3 cm³/mol. The summed E-state index contributed by atoms with van der Waals surface area (Å²) in [5.41, 5.74) is 2.74. The Hall–Kier alpha value is -0.760. The molecule has 1 aliphatic rings. The lowest BCUT2D eigenvalue weighted by atomic mass is 9.87. The molecule has 2 rings (SSSR count). The Balaban J connectivity index is 2.33. The molecule has 0 amide bonds. The van der Waals surface area contributed by atoms with Crippen molar-refractivity contribution < 1.29 is 4.74 Å². The Labute approximate surface area is 106 Å². The molecule has 0 spiro atoms. The summed E-state index contributed by atoms with van der Waals surface area (Å²) >= 11 is 3.69. The van der Waals surface area contributed by atoms with Crippen LogP contribution in [0.3, 0.4) is 0 Å². The molecule has 0 aliphatic heterocycles. The minimum Gasteiger partial charge on any atom is -0.497 e. The van der Waals surface area contributed by atoms with E-state index in [1.807, 2.05) is 0 Å². The average molecular weight is 281 g/mol. The van der Waals surface area contributed by atoms with Crippen LogP contribution in [0.4, 0.5) is 0 Å². The van der Waals surface area contributed by atoms with Crippen LogP contribution in [0.25, 0.3) is 0 Å². The van der Waals surface area contributed by atoms with E-state index in [1.165, 1.54) is 34.9 Å². The molecule has 16 heavy (non-hydrogen) atoms. The number of rotatable bonds is 2. The highest BCUT2D eigenvalue weighted by atomic mass is 79.9. The minimum atomic E-state index is 0.541. The van der Waals surface area contributed by atoms with Gasteiger partial charge in [-0.3, -0.25) is 0 Å². The van der Waals surface area contributed by atoms with Crippen LogP contribution in [0.1, 0.15) is 36.3 Å². The molecule has 86 valence electrons. The van der Waals surface area contributed by atoms with E-state index in [2.05, 4.69) is 47.1 Å². The number of hydrogen-bond donors (Lipinski definition) is 0. The fraction of sp³-hybridized carbons (Fsp3) is 0.429. The van der Waals surface area contributed by atoms with E-state index >= 15 is 0 Å². The summed E-state index contributed by atoms with van der Waals surface area (Å²) < 4.78 is 6.58. The average Bonchev–Trinajstić information content (AvgIpc) is 2.30. The maximum atomic E-state index is 5.24. The van der Waals surface area contributed by atoms with Crippen LogP contribution in [0.2, 0.25) is 0 Å². The maximum absolute atomic E-state index is 5.24. The third-order valence-electron chi connectivity index (χ3n) is 3.22. The normalized spacial score (nSPS) is 20.4. The van der Waals surface area contributed by atoms with Crippen molar-refractivity contribution in [2.24, 2.45) is 0 Å². The van der Waals surface area contributed by atoms with Crippen LogP contribution in [-0.2, 0) is 0 Å². The second-order valence-electron chi connectivity index (χ2n) is 4.30. The van der Waals surface area contributed by atoms with Gasteiger partial charge in [0, 0.05) is 5.92 Å². The molecule has 0 fully saturated rings. The largest absolute Gasteiger partial charge is 0.497 e. The van der Waals surface area contributed by atoms with E-state index in [-0.39, 0.29) is 0 Å². The Morgan fingerprint density at radius 2 is 2.19 bits per heavy atom. The van der Waals surface area contributed by atoms with Gasteiger partial charge in [0.1, 0.15) is 5.75 Å². The number of hydrogen-bond acceptors (Lipinski definition) is 1. The van der Waals surface area contributed by atoms with Crippen LogP contribution in [-0.4, -0.2) is 7.11 Å². The first-order valence-electron chi connectivity index (χ1n) is 5.72.